The van der Waals surface area contributed by atoms with Crippen LogP contribution in [0.25, 0.3) is 0 Å². The highest BCUT2D eigenvalue weighted by molar-refractivity contribution is 6.30. The summed E-state index contributed by atoms with van der Waals surface area (Å²) in [4.78, 5) is 32.8. The molecule has 0 aliphatic carbocycles. The van der Waals surface area contributed by atoms with Gasteiger partial charge in [0.05, 0.1) is 0 Å². The van der Waals surface area contributed by atoms with Crippen molar-refractivity contribution < 1.29 is 9.59 Å². The van der Waals surface area contributed by atoms with Crippen molar-refractivity contribution in [2.75, 3.05) is 55.6 Å². The molecule has 2 heterocycles. The number of carbonyl (C=O) groups excluding carboxylic acids is 2. The van der Waals surface area contributed by atoms with Gasteiger partial charge in [-0.2, -0.15) is 0 Å². The third-order valence-corrected chi connectivity index (χ3v) is 5.53. The van der Waals surface area contributed by atoms with E-state index in [1.807, 2.05) is 35.2 Å². The van der Waals surface area contributed by atoms with Crippen LogP contribution in [0.1, 0.15) is 0 Å². The fourth-order valence-electron chi connectivity index (χ4n) is 3.73. The van der Waals surface area contributed by atoms with Crippen molar-refractivity contribution in [2.24, 2.45) is 0 Å². The molecular formula is C21H23ClN4O2. The van der Waals surface area contributed by atoms with Crippen molar-refractivity contribution in [3.63, 3.8) is 0 Å². The molecule has 0 unspecified atom stereocenters. The number of hydrogen-bond donors (Lipinski definition) is 0. The van der Waals surface area contributed by atoms with Crippen LogP contribution in [0.15, 0.2) is 54.6 Å². The summed E-state index contributed by atoms with van der Waals surface area (Å²) >= 11 is 6.03. The van der Waals surface area contributed by atoms with E-state index in [4.69, 9.17) is 11.6 Å². The van der Waals surface area contributed by atoms with Gasteiger partial charge >= 0.3 is 6.03 Å². The normalized spacial score (nSPS) is 17.4. The first-order valence-corrected chi connectivity index (χ1v) is 9.89. The predicted octanol–water partition coefficient (Wildman–Crippen LogP) is 2.93. The number of nitrogens with zero attached hydrogens (tertiary/aromatic N) is 4. The minimum atomic E-state index is -0.140. The van der Waals surface area contributed by atoms with Crippen LogP contribution in [-0.4, -0.2) is 67.6 Å². The molecule has 0 radical (unpaired) electrons. The van der Waals surface area contributed by atoms with Crippen LogP contribution in [0.2, 0.25) is 5.02 Å². The average Bonchev–Trinajstić information content (AvgIpc) is 3.09. The topological polar surface area (TPSA) is 47.1 Å². The second kappa shape index (κ2) is 8.10. The van der Waals surface area contributed by atoms with Crippen LogP contribution in [0, 0.1) is 0 Å². The molecule has 2 aromatic rings. The molecule has 28 heavy (non-hydrogen) atoms. The average molecular weight is 399 g/mol. The van der Waals surface area contributed by atoms with Gasteiger partial charge in [-0.3, -0.25) is 9.69 Å². The molecule has 3 amide bonds. The number of urea groups is 1. The van der Waals surface area contributed by atoms with E-state index in [-0.39, 0.29) is 18.5 Å². The molecule has 2 aliphatic rings. The van der Waals surface area contributed by atoms with E-state index in [1.165, 1.54) is 5.69 Å². The molecule has 0 saturated carbocycles. The first-order valence-electron chi connectivity index (χ1n) is 9.51. The zero-order chi connectivity index (χ0) is 19.5. The molecule has 6 nitrogen and oxygen atoms in total. The van der Waals surface area contributed by atoms with Crippen LogP contribution >= 0.6 is 11.6 Å². The summed E-state index contributed by atoms with van der Waals surface area (Å²) in [6.45, 7) is 4.19. The second-order valence-corrected chi connectivity index (χ2v) is 7.48. The van der Waals surface area contributed by atoms with E-state index >= 15 is 0 Å². The van der Waals surface area contributed by atoms with E-state index in [0.29, 0.717) is 31.2 Å². The lowest BCUT2D eigenvalue weighted by Crippen LogP contribution is -2.51. The molecule has 0 N–H and O–H groups in total. The fourth-order valence-corrected chi connectivity index (χ4v) is 3.91. The molecule has 0 bridgehead atoms. The largest absolute Gasteiger partial charge is 0.368 e. The van der Waals surface area contributed by atoms with Crippen molar-refractivity contribution in [2.45, 2.75) is 0 Å². The molecule has 0 spiro atoms. The summed E-state index contributed by atoms with van der Waals surface area (Å²) in [6.07, 6.45) is 0. The zero-order valence-electron chi connectivity index (χ0n) is 15.6. The highest BCUT2D eigenvalue weighted by Crippen LogP contribution is 2.23. The Morgan fingerprint density at radius 1 is 0.857 bits per heavy atom. The molecule has 4 rings (SSSR count). The number of benzene rings is 2. The van der Waals surface area contributed by atoms with Crippen LogP contribution < -0.4 is 9.80 Å². The Labute approximate surface area is 169 Å². The van der Waals surface area contributed by atoms with Crippen molar-refractivity contribution in [1.29, 1.82) is 0 Å². The zero-order valence-corrected chi connectivity index (χ0v) is 16.4. The second-order valence-electron chi connectivity index (χ2n) is 7.04. The van der Waals surface area contributed by atoms with Crippen molar-refractivity contribution in [3.8, 4) is 0 Å². The summed E-state index contributed by atoms with van der Waals surface area (Å²) in [5.41, 5.74) is 1.95. The maximum absolute atomic E-state index is 12.7. The Hall–Kier alpha value is -2.73. The van der Waals surface area contributed by atoms with Gasteiger partial charge in [0.1, 0.15) is 6.54 Å². The number of carbonyl (C=O) groups is 2. The van der Waals surface area contributed by atoms with Crippen LogP contribution in [0.4, 0.5) is 16.2 Å². The molecule has 0 aromatic heterocycles. The van der Waals surface area contributed by atoms with E-state index < -0.39 is 0 Å². The van der Waals surface area contributed by atoms with E-state index in [2.05, 4.69) is 17.0 Å². The lowest BCUT2D eigenvalue weighted by Gasteiger charge is -2.36. The standard InChI is InChI=1S/C21H23ClN4O2/c22-17-5-4-8-19(15-17)26-14-13-25(21(26)28)16-20(27)24-11-9-23(10-12-24)18-6-2-1-3-7-18/h1-8,15H,9-14,16H2. The minimum absolute atomic E-state index is 0.00834. The van der Waals surface area contributed by atoms with Gasteiger partial charge in [-0.15, -0.1) is 0 Å². The number of amides is 3. The third kappa shape index (κ3) is 3.92. The van der Waals surface area contributed by atoms with Gasteiger partial charge in [0.15, 0.2) is 0 Å². The smallest absolute Gasteiger partial charge is 0.325 e. The summed E-state index contributed by atoms with van der Waals surface area (Å²) in [5, 5.41) is 0.594. The molecule has 2 aliphatic heterocycles. The van der Waals surface area contributed by atoms with Crippen LogP contribution in [0.5, 0.6) is 0 Å². The summed E-state index contributed by atoms with van der Waals surface area (Å²) in [7, 11) is 0. The maximum Gasteiger partial charge on any atom is 0.325 e. The van der Waals surface area contributed by atoms with Crippen LogP contribution in [0.3, 0.4) is 0 Å². The SMILES string of the molecule is O=C(CN1CCN(c2cccc(Cl)c2)C1=O)N1CCN(c2ccccc2)CC1. The Morgan fingerprint density at radius 2 is 1.57 bits per heavy atom. The number of piperazine rings is 1. The Morgan fingerprint density at radius 3 is 2.29 bits per heavy atom. The monoisotopic (exact) mass is 398 g/mol. The van der Waals surface area contributed by atoms with Gasteiger partial charge in [0.25, 0.3) is 0 Å². The predicted molar refractivity (Wildman–Crippen MR) is 111 cm³/mol. The summed E-state index contributed by atoms with van der Waals surface area (Å²) < 4.78 is 0. The highest BCUT2D eigenvalue weighted by atomic mass is 35.5. The van der Waals surface area contributed by atoms with E-state index in [9.17, 15) is 9.59 Å². The van der Waals surface area contributed by atoms with E-state index in [1.54, 1.807) is 21.9 Å². The van der Waals surface area contributed by atoms with Crippen molar-refractivity contribution in [1.82, 2.24) is 9.80 Å². The van der Waals surface area contributed by atoms with Gasteiger partial charge in [0.2, 0.25) is 5.91 Å². The van der Waals surface area contributed by atoms with Crippen molar-refractivity contribution >= 4 is 34.9 Å². The van der Waals surface area contributed by atoms with Gasteiger partial charge in [-0.25, -0.2) is 4.79 Å². The molecular weight excluding hydrogens is 376 g/mol. The van der Waals surface area contributed by atoms with Gasteiger partial charge in [0, 0.05) is 55.7 Å². The van der Waals surface area contributed by atoms with E-state index in [0.717, 1.165) is 18.8 Å². The van der Waals surface area contributed by atoms with Crippen molar-refractivity contribution in [3.05, 3.63) is 59.6 Å². The molecule has 0 atom stereocenters. The highest BCUT2D eigenvalue weighted by Gasteiger charge is 2.32. The first kappa shape index (κ1) is 18.6. The molecule has 2 fully saturated rings. The first-order chi connectivity index (χ1) is 13.6. The molecule has 2 saturated heterocycles. The Balaban J connectivity index is 1.31. The quantitative estimate of drug-likeness (QED) is 0.795. The Kier molecular flexibility index (Phi) is 5.39. The maximum atomic E-state index is 12.7. The number of rotatable bonds is 4. The number of para-hydroxylation sites is 1. The number of anilines is 2. The summed E-state index contributed by atoms with van der Waals surface area (Å²) in [5.74, 6) is 0.00834. The third-order valence-electron chi connectivity index (χ3n) is 5.29. The Bertz CT molecular complexity index is 852. The van der Waals surface area contributed by atoms with Gasteiger partial charge in [-0.1, -0.05) is 35.9 Å². The fraction of sp³-hybridized carbons (Fsp3) is 0.333. The van der Waals surface area contributed by atoms with Crippen LogP contribution in [-0.2, 0) is 4.79 Å². The molecule has 146 valence electrons. The lowest BCUT2D eigenvalue weighted by molar-refractivity contribution is -0.131. The molecule has 7 heteroatoms. The number of halogens is 1. The number of hydrogen-bond acceptors (Lipinski definition) is 3. The molecule has 2 aromatic carbocycles. The van der Waals surface area contributed by atoms with Gasteiger partial charge in [-0.05, 0) is 30.3 Å². The summed E-state index contributed by atoms with van der Waals surface area (Å²) in [6, 6.07) is 17.3. The minimum Gasteiger partial charge on any atom is -0.368 e. The van der Waals surface area contributed by atoms with Gasteiger partial charge < -0.3 is 14.7 Å². The lowest BCUT2D eigenvalue weighted by atomic mass is 10.2.